The second-order valence-corrected chi connectivity index (χ2v) is 6.44. The van der Waals surface area contributed by atoms with E-state index in [0.29, 0.717) is 16.6 Å². The molecular weight excluding hydrogens is 246 g/mol. The van der Waals surface area contributed by atoms with Gasteiger partial charge in [-0.1, -0.05) is 24.6 Å². The van der Waals surface area contributed by atoms with Gasteiger partial charge in [-0.25, -0.2) is 8.42 Å². The fraction of sp³-hybridized carbons (Fsp3) is 0.455. The summed E-state index contributed by atoms with van der Waals surface area (Å²) in [5.74, 6) is 0.406. The first-order valence-corrected chi connectivity index (χ1v) is 7.44. The van der Waals surface area contributed by atoms with Crippen LogP contribution in [0.3, 0.4) is 0 Å². The van der Waals surface area contributed by atoms with Crippen molar-refractivity contribution < 1.29 is 8.42 Å². The SMILES string of the molecule is CC1CCc2ccc(NS(C)(=O)=O)c(Cl)c21. The molecule has 0 bridgehead atoms. The summed E-state index contributed by atoms with van der Waals surface area (Å²) in [7, 11) is -3.27. The Kier molecular flexibility index (Phi) is 2.88. The lowest BCUT2D eigenvalue weighted by Gasteiger charge is -2.12. The van der Waals surface area contributed by atoms with Crippen LogP contribution in [0.15, 0.2) is 12.1 Å². The van der Waals surface area contributed by atoms with Gasteiger partial charge in [-0.2, -0.15) is 0 Å². The monoisotopic (exact) mass is 259 g/mol. The van der Waals surface area contributed by atoms with Crippen molar-refractivity contribution in [1.29, 1.82) is 0 Å². The summed E-state index contributed by atoms with van der Waals surface area (Å²) in [6, 6.07) is 3.69. The Balaban J connectivity index is 2.47. The van der Waals surface area contributed by atoms with Crippen LogP contribution in [0.1, 0.15) is 30.4 Å². The minimum atomic E-state index is -3.27. The van der Waals surface area contributed by atoms with Crippen LogP contribution in [0.25, 0.3) is 0 Å². The molecule has 5 heteroatoms. The summed E-state index contributed by atoms with van der Waals surface area (Å²) in [6.07, 6.45) is 3.23. The van der Waals surface area contributed by atoms with Crippen molar-refractivity contribution in [2.45, 2.75) is 25.7 Å². The molecule has 0 amide bonds. The molecule has 88 valence electrons. The van der Waals surface area contributed by atoms with Crippen LogP contribution in [0.4, 0.5) is 5.69 Å². The van der Waals surface area contributed by atoms with E-state index in [1.165, 1.54) is 5.56 Å². The molecule has 1 aromatic rings. The summed E-state index contributed by atoms with van der Waals surface area (Å²) >= 11 is 6.23. The number of hydrogen-bond donors (Lipinski definition) is 1. The Bertz CT molecular complexity index is 525. The zero-order valence-electron chi connectivity index (χ0n) is 9.25. The molecule has 1 atom stereocenters. The van der Waals surface area contributed by atoms with Crippen molar-refractivity contribution in [1.82, 2.24) is 0 Å². The van der Waals surface area contributed by atoms with Crippen LogP contribution in [0.2, 0.25) is 5.02 Å². The van der Waals surface area contributed by atoms with Gasteiger partial charge in [0.15, 0.2) is 0 Å². The molecule has 1 aliphatic rings. The van der Waals surface area contributed by atoms with Crippen molar-refractivity contribution in [3.8, 4) is 0 Å². The molecule has 1 aromatic carbocycles. The summed E-state index contributed by atoms with van der Waals surface area (Å²) in [5.41, 5.74) is 2.81. The van der Waals surface area contributed by atoms with Crippen LogP contribution in [0.5, 0.6) is 0 Å². The van der Waals surface area contributed by atoms with Gasteiger partial charge in [0.2, 0.25) is 10.0 Å². The van der Waals surface area contributed by atoms with Gasteiger partial charge in [-0.3, -0.25) is 4.72 Å². The van der Waals surface area contributed by atoms with Crippen molar-refractivity contribution in [2.75, 3.05) is 11.0 Å². The normalized spacial score (nSPS) is 19.6. The smallest absolute Gasteiger partial charge is 0.229 e. The highest BCUT2D eigenvalue weighted by atomic mass is 35.5. The van der Waals surface area contributed by atoms with E-state index in [2.05, 4.69) is 11.6 Å². The predicted molar refractivity (Wildman–Crippen MR) is 66.7 cm³/mol. The minimum absolute atomic E-state index is 0.406. The van der Waals surface area contributed by atoms with Crippen LogP contribution >= 0.6 is 11.6 Å². The molecule has 1 unspecified atom stereocenters. The summed E-state index contributed by atoms with van der Waals surface area (Å²) in [4.78, 5) is 0. The van der Waals surface area contributed by atoms with Crippen LogP contribution in [0, 0.1) is 0 Å². The number of halogens is 1. The number of anilines is 1. The Morgan fingerprint density at radius 1 is 1.44 bits per heavy atom. The molecule has 16 heavy (non-hydrogen) atoms. The van der Waals surface area contributed by atoms with Crippen molar-refractivity contribution in [3.63, 3.8) is 0 Å². The second kappa shape index (κ2) is 3.93. The van der Waals surface area contributed by atoms with E-state index >= 15 is 0 Å². The maximum absolute atomic E-state index is 11.2. The molecule has 3 nitrogen and oxygen atoms in total. The topological polar surface area (TPSA) is 46.2 Å². The summed E-state index contributed by atoms with van der Waals surface area (Å²) in [5, 5.41) is 0.549. The van der Waals surface area contributed by atoms with Gasteiger partial charge < -0.3 is 0 Å². The number of hydrogen-bond acceptors (Lipinski definition) is 2. The van der Waals surface area contributed by atoms with Crippen LogP contribution in [-0.2, 0) is 16.4 Å². The van der Waals surface area contributed by atoms with Gasteiger partial charge in [0.1, 0.15) is 0 Å². The van der Waals surface area contributed by atoms with Gasteiger partial charge in [0.05, 0.1) is 17.0 Å². The molecule has 0 saturated carbocycles. The zero-order chi connectivity index (χ0) is 11.9. The van der Waals surface area contributed by atoms with Crippen LogP contribution < -0.4 is 4.72 Å². The van der Waals surface area contributed by atoms with Crippen molar-refractivity contribution >= 4 is 27.3 Å². The molecule has 0 spiro atoms. The molecule has 0 aromatic heterocycles. The highest BCUT2D eigenvalue weighted by Gasteiger charge is 2.23. The quantitative estimate of drug-likeness (QED) is 0.888. The Labute approximate surface area is 101 Å². The summed E-state index contributed by atoms with van der Waals surface area (Å²) < 4.78 is 24.8. The first kappa shape index (κ1) is 11.7. The van der Waals surface area contributed by atoms with Gasteiger partial charge in [0.25, 0.3) is 0 Å². The first-order valence-electron chi connectivity index (χ1n) is 5.17. The molecule has 0 heterocycles. The molecular formula is C11H14ClNO2S. The summed E-state index contributed by atoms with van der Waals surface area (Å²) in [6.45, 7) is 2.11. The second-order valence-electron chi connectivity index (χ2n) is 4.31. The van der Waals surface area contributed by atoms with Crippen molar-refractivity contribution in [3.05, 3.63) is 28.3 Å². The molecule has 1 aliphatic carbocycles. The molecule has 2 rings (SSSR count). The molecule has 0 aliphatic heterocycles. The Morgan fingerprint density at radius 2 is 2.12 bits per heavy atom. The molecule has 1 N–H and O–H groups in total. The van der Waals surface area contributed by atoms with E-state index in [9.17, 15) is 8.42 Å². The number of benzene rings is 1. The van der Waals surface area contributed by atoms with Gasteiger partial charge in [-0.05, 0) is 36.0 Å². The largest absolute Gasteiger partial charge is 0.282 e. The number of rotatable bonds is 2. The van der Waals surface area contributed by atoms with Gasteiger partial charge >= 0.3 is 0 Å². The highest BCUT2D eigenvalue weighted by molar-refractivity contribution is 7.92. The number of nitrogens with one attached hydrogen (secondary N) is 1. The lowest BCUT2D eigenvalue weighted by atomic mass is 10.0. The minimum Gasteiger partial charge on any atom is -0.282 e. The third-order valence-electron chi connectivity index (χ3n) is 2.90. The third kappa shape index (κ3) is 2.18. The third-order valence-corrected chi connectivity index (χ3v) is 3.90. The Hall–Kier alpha value is -0.740. The maximum Gasteiger partial charge on any atom is 0.229 e. The fourth-order valence-corrected chi connectivity index (χ4v) is 3.22. The fourth-order valence-electron chi connectivity index (χ4n) is 2.18. The molecule has 0 fully saturated rings. The van der Waals surface area contributed by atoms with E-state index < -0.39 is 10.0 Å². The first-order chi connectivity index (χ1) is 7.38. The lowest BCUT2D eigenvalue weighted by Crippen LogP contribution is -2.10. The standard InChI is InChI=1S/C11H14ClNO2S/c1-7-3-4-8-5-6-9(11(12)10(7)8)13-16(2,14)15/h5-7,13H,3-4H2,1-2H3. The number of fused-ring (bicyclic) bond motifs is 1. The average molecular weight is 260 g/mol. The van der Waals surface area contributed by atoms with E-state index in [1.807, 2.05) is 6.07 Å². The van der Waals surface area contributed by atoms with Crippen LogP contribution in [-0.4, -0.2) is 14.7 Å². The predicted octanol–water partition coefficient (Wildman–Crippen LogP) is 2.76. The molecule has 0 saturated heterocycles. The zero-order valence-corrected chi connectivity index (χ0v) is 10.8. The van der Waals surface area contributed by atoms with E-state index in [1.54, 1.807) is 6.07 Å². The number of sulfonamides is 1. The highest BCUT2D eigenvalue weighted by Crippen LogP contribution is 2.41. The van der Waals surface area contributed by atoms with Crippen molar-refractivity contribution in [2.24, 2.45) is 0 Å². The Morgan fingerprint density at radius 3 is 2.75 bits per heavy atom. The average Bonchev–Trinajstić information content (AvgIpc) is 2.51. The number of aryl methyl sites for hydroxylation is 1. The van der Waals surface area contributed by atoms with Gasteiger partial charge in [-0.15, -0.1) is 0 Å². The van der Waals surface area contributed by atoms with E-state index in [0.717, 1.165) is 24.7 Å². The molecule has 0 radical (unpaired) electrons. The lowest BCUT2D eigenvalue weighted by molar-refractivity contribution is 0.607. The van der Waals surface area contributed by atoms with E-state index in [-0.39, 0.29) is 0 Å². The van der Waals surface area contributed by atoms with Gasteiger partial charge in [0, 0.05) is 0 Å². The van der Waals surface area contributed by atoms with E-state index in [4.69, 9.17) is 11.6 Å². The maximum atomic E-state index is 11.2.